The lowest BCUT2D eigenvalue weighted by atomic mass is 10.0. The third-order valence-electron chi connectivity index (χ3n) is 2.28. The zero-order valence-electron chi connectivity index (χ0n) is 7.40. The highest BCUT2D eigenvalue weighted by molar-refractivity contribution is 5.82. The van der Waals surface area contributed by atoms with Crippen molar-refractivity contribution in [1.29, 1.82) is 0 Å². The molecule has 1 aromatic rings. The molecule has 2 rings (SSSR count). The second kappa shape index (κ2) is 2.83. The van der Waals surface area contributed by atoms with Gasteiger partial charge in [-0.05, 0) is 12.3 Å². The Morgan fingerprint density at radius 2 is 2.46 bits per heavy atom. The molecule has 1 atom stereocenters. The lowest BCUT2D eigenvalue weighted by Crippen LogP contribution is -2.19. The van der Waals surface area contributed by atoms with Gasteiger partial charge in [0.15, 0.2) is 0 Å². The second-order valence-corrected chi connectivity index (χ2v) is 3.48. The number of fused-ring (bicyclic) bond motifs is 1. The molecule has 0 saturated heterocycles. The SMILES string of the molecule is CC1CCc2nc(C(=O)O)nn2C1. The molecule has 0 aromatic carbocycles. The molecule has 5 nitrogen and oxygen atoms in total. The first-order valence-electron chi connectivity index (χ1n) is 4.34. The Labute approximate surface area is 75.4 Å². The maximum atomic E-state index is 10.6. The number of hydrogen-bond donors (Lipinski definition) is 1. The minimum absolute atomic E-state index is 0.0795. The van der Waals surface area contributed by atoms with Gasteiger partial charge in [0.05, 0.1) is 0 Å². The average molecular weight is 181 g/mol. The van der Waals surface area contributed by atoms with Crippen LogP contribution >= 0.6 is 0 Å². The topological polar surface area (TPSA) is 68.0 Å². The average Bonchev–Trinajstić information content (AvgIpc) is 2.46. The van der Waals surface area contributed by atoms with Gasteiger partial charge >= 0.3 is 5.97 Å². The minimum Gasteiger partial charge on any atom is -0.475 e. The number of rotatable bonds is 1. The maximum Gasteiger partial charge on any atom is 0.375 e. The minimum atomic E-state index is -1.05. The Bertz CT molecular complexity index is 345. The number of aromatic carboxylic acids is 1. The number of carboxylic acids is 1. The van der Waals surface area contributed by atoms with Crippen molar-refractivity contribution in [3.05, 3.63) is 11.6 Å². The number of carboxylic acid groups (broad SMARTS) is 1. The van der Waals surface area contributed by atoms with Gasteiger partial charge < -0.3 is 5.11 Å². The second-order valence-electron chi connectivity index (χ2n) is 3.48. The molecule has 0 fully saturated rings. The zero-order valence-corrected chi connectivity index (χ0v) is 7.40. The van der Waals surface area contributed by atoms with Gasteiger partial charge in [0.2, 0.25) is 0 Å². The summed E-state index contributed by atoms with van der Waals surface area (Å²) in [6.07, 6.45) is 1.90. The third kappa shape index (κ3) is 1.41. The molecule has 0 bridgehead atoms. The van der Waals surface area contributed by atoms with Crippen molar-refractivity contribution in [2.45, 2.75) is 26.3 Å². The van der Waals surface area contributed by atoms with Crippen LogP contribution in [0.25, 0.3) is 0 Å². The Balaban J connectivity index is 2.33. The molecule has 1 aromatic heterocycles. The van der Waals surface area contributed by atoms with Crippen LogP contribution in [-0.2, 0) is 13.0 Å². The van der Waals surface area contributed by atoms with Crippen LogP contribution in [0.2, 0.25) is 0 Å². The summed E-state index contributed by atoms with van der Waals surface area (Å²) in [6.45, 7) is 2.92. The van der Waals surface area contributed by atoms with Gasteiger partial charge in [-0.2, -0.15) is 0 Å². The molecule has 1 N–H and O–H groups in total. The van der Waals surface area contributed by atoms with Crippen molar-refractivity contribution < 1.29 is 9.90 Å². The van der Waals surface area contributed by atoms with E-state index >= 15 is 0 Å². The van der Waals surface area contributed by atoms with Crippen LogP contribution in [0.15, 0.2) is 0 Å². The molecule has 5 heteroatoms. The maximum absolute atomic E-state index is 10.6. The zero-order chi connectivity index (χ0) is 9.42. The fourth-order valence-corrected chi connectivity index (χ4v) is 1.56. The van der Waals surface area contributed by atoms with E-state index in [0.717, 1.165) is 25.2 Å². The predicted octanol–water partition coefficient (Wildman–Crippen LogP) is 0.559. The largest absolute Gasteiger partial charge is 0.475 e. The lowest BCUT2D eigenvalue weighted by molar-refractivity contribution is 0.0683. The molecule has 0 aliphatic carbocycles. The summed E-state index contributed by atoms with van der Waals surface area (Å²) in [5.41, 5.74) is 0. The summed E-state index contributed by atoms with van der Waals surface area (Å²) < 4.78 is 1.71. The first kappa shape index (κ1) is 8.22. The van der Waals surface area contributed by atoms with Crippen molar-refractivity contribution in [2.75, 3.05) is 0 Å². The quantitative estimate of drug-likeness (QED) is 0.687. The van der Waals surface area contributed by atoms with Crippen LogP contribution in [0, 0.1) is 5.92 Å². The van der Waals surface area contributed by atoms with Crippen molar-refractivity contribution >= 4 is 5.97 Å². The van der Waals surface area contributed by atoms with Gasteiger partial charge in [0, 0.05) is 13.0 Å². The van der Waals surface area contributed by atoms with Crippen LogP contribution in [0.1, 0.15) is 29.8 Å². The van der Waals surface area contributed by atoms with Crippen LogP contribution in [0.5, 0.6) is 0 Å². The van der Waals surface area contributed by atoms with Gasteiger partial charge in [-0.3, -0.25) is 0 Å². The smallest absolute Gasteiger partial charge is 0.375 e. The van der Waals surface area contributed by atoms with Crippen LogP contribution in [0.3, 0.4) is 0 Å². The Hall–Kier alpha value is -1.39. The van der Waals surface area contributed by atoms with E-state index in [4.69, 9.17) is 5.11 Å². The van der Waals surface area contributed by atoms with E-state index < -0.39 is 5.97 Å². The number of hydrogen-bond acceptors (Lipinski definition) is 3. The van der Waals surface area contributed by atoms with E-state index in [-0.39, 0.29) is 5.82 Å². The fourth-order valence-electron chi connectivity index (χ4n) is 1.56. The summed E-state index contributed by atoms with van der Waals surface area (Å²) in [7, 11) is 0. The highest BCUT2D eigenvalue weighted by Gasteiger charge is 2.20. The van der Waals surface area contributed by atoms with Crippen LogP contribution in [-0.4, -0.2) is 25.8 Å². The molecule has 0 amide bonds. The lowest BCUT2D eigenvalue weighted by Gasteiger charge is -2.17. The number of carbonyl (C=O) groups is 1. The molecule has 0 saturated carbocycles. The van der Waals surface area contributed by atoms with Crippen LogP contribution < -0.4 is 0 Å². The standard InChI is InChI=1S/C8H11N3O2/c1-5-2-3-6-9-7(8(12)13)10-11(6)4-5/h5H,2-4H2,1H3,(H,12,13). The molecule has 1 unspecified atom stereocenters. The monoisotopic (exact) mass is 181 g/mol. The molecule has 1 aliphatic heterocycles. The summed E-state index contributed by atoms with van der Waals surface area (Å²) in [5, 5.41) is 12.6. The van der Waals surface area contributed by atoms with Crippen molar-refractivity contribution in [1.82, 2.24) is 14.8 Å². The van der Waals surface area contributed by atoms with Gasteiger partial charge in [-0.1, -0.05) is 6.92 Å². The van der Waals surface area contributed by atoms with Crippen molar-refractivity contribution in [2.24, 2.45) is 5.92 Å². The van der Waals surface area contributed by atoms with E-state index in [1.807, 2.05) is 0 Å². The van der Waals surface area contributed by atoms with E-state index in [0.29, 0.717) is 5.92 Å². The van der Waals surface area contributed by atoms with Gasteiger partial charge in [0.25, 0.3) is 5.82 Å². The first-order valence-corrected chi connectivity index (χ1v) is 4.34. The molecule has 70 valence electrons. The molecule has 0 radical (unpaired) electrons. The Kier molecular flexibility index (Phi) is 1.79. The van der Waals surface area contributed by atoms with Crippen LogP contribution in [0.4, 0.5) is 0 Å². The van der Waals surface area contributed by atoms with E-state index in [2.05, 4.69) is 17.0 Å². The third-order valence-corrected chi connectivity index (χ3v) is 2.28. The molecule has 1 aliphatic rings. The number of nitrogens with zero attached hydrogens (tertiary/aromatic N) is 3. The van der Waals surface area contributed by atoms with Gasteiger partial charge in [0.1, 0.15) is 5.82 Å². The highest BCUT2D eigenvalue weighted by atomic mass is 16.4. The normalized spacial score (nSPS) is 21.2. The fraction of sp³-hybridized carbons (Fsp3) is 0.625. The number of aryl methyl sites for hydroxylation is 1. The summed E-state index contributed by atoms with van der Waals surface area (Å²) in [5.74, 6) is 0.241. The van der Waals surface area contributed by atoms with E-state index in [1.54, 1.807) is 4.68 Å². The summed E-state index contributed by atoms with van der Waals surface area (Å²) in [4.78, 5) is 14.5. The Morgan fingerprint density at radius 1 is 1.69 bits per heavy atom. The molecule has 13 heavy (non-hydrogen) atoms. The highest BCUT2D eigenvalue weighted by Crippen LogP contribution is 2.17. The van der Waals surface area contributed by atoms with Crippen molar-refractivity contribution in [3.63, 3.8) is 0 Å². The summed E-state index contributed by atoms with van der Waals surface area (Å²) in [6, 6.07) is 0. The van der Waals surface area contributed by atoms with E-state index in [1.165, 1.54) is 0 Å². The van der Waals surface area contributed by atoms with Crippen molar-refractivity contribution in [3.8, 4) is 0 Å². The molecule has 2 heterocycles. The molecule has 0 spiro atoms. The Morgan fingerprint density at radius 3 is 3.15 bits per heavy atom. The number of aromatic nitrogens is 3. The molecular weight excluding hydrogens is 170 g/mol. The molecular formula is C8H11N3O2. The van der Waals surface area contributed by atoms with Gasteiger partial charge in [-0.25, -0.2) is 14.5 Å². The van der Waals surface area contributed by atoms with Gasteiger partial charge in [-0.15, -0.1) is 5.10 Å². The van der Waals surface area contributed by atoms with E-state index in [9.17, 15) is 4.79 Å². The first-order chi connectivity index (χ1) is 6.16. The predicted molar refractivity (Wildman–Crippen MR) is 44.5 cm³/mol. The summed E-state index contributed by atoms with van der Waals surface area (Å²) >= 11 is 0.